The smallest absolute Gasteiger partial charge is 0.303 e. The number of carboxylic acid groups (broad SMARTS) is 2. The molecule has 0 aliphatic carbocycles. The Kier molecular flexibility index (Phi) is 8.87. The summed E-state index contributed by atoms with van der Waals surface area (Å²) in [6.45, 7) is 3.59. The van der Waals surface area contributed by atoms with Crippen LogP contribution in [0.2, 0.25) is 0 Å². The fraction of sp³-hybridized carbons (Fsp3) is 0.643. The molecule has 0 aromatic carbocycles. The average molecular weight is 340 g/mol. The number of rotatable bonds is 13. The van der Waals surface area contributed by atoms with Gasteiger partial charge in [0.05, 0.1) is 0 Å². The van der Waals surface area contributed by atoms with E-state index < -0.39 is 11.9 Å². The number of carbonyl (C=O) groups is 2. The summed E-state index contributed by atoms with van der Waals surface area (Å²) in [6, 6.07) is 0. The largest absolute Gasteiger partial charge is 0.481 e. The standard InChI is InChI=1S/C14H24N6O4/c1-2-7-15-12-18-13(16-8-3-5-10(21)22)20-14(19-12)17-9-4-6-11(23)24/h2-9H2,1H3,(H,21,22)(H,23,24)(H3,15,16,17,18,19,20). The van der Waals surface area contributed by atoms with E-state index in [4.69, 9.17) is 10.2 Å². The highest BCUT2D eigenvalue weighted by Gasteiger charge is 2.07. The summed E-state index contributed by atoms with van der Waals surface area (Å²) >= 11 is 0. The van der Waals surface area contributed by atoms with Gasteiger partial charge in [-0.15, -0.1) is 0 Å². The molecule has 0 aliphatic rings. The van der Waals surface area contributed by atoms with Gasteiger partial charge >= 0.3 is 11.9 Å². The van der Waals surface area contributed by atoms with Crippen LogP contribution in [0.5, 0.6) is 0 Å². The molecule has 10 nitrogen and oxygen atoms in total. The summed E-state index contributed by atoms with van der Waals surface area (Å²) in [6.07, 6.45) is 1.97. The summed E-state index contributed by atoms with van der Waals surface area (Å²) < 4.78 is 0. The van der Waals surface area contributed by atoms with Gasteiger partial charge in [-0.2, -0.15) is 15.0 Å². The SMILES string of the molecule is CCCNc1nc(NCCCC(=O)O)nc(NCCCC(=O)O)n1. The van der Waals surface area contributed by atoms with Gasteiger partial charge in [0.25, 0.3) is 0 Å². The minimum Gasteiger partial charge on any atom is -0.481 e. The molecule has 5 N–H and O–H groups in total. The molecule has 0 aliphatic heterocycles. The highest BCUT2D eigenvalue weighted by molar-refractivity contribution is 5.67. The van der Waals surface area contributed by atoms with Crippen LogP contribution in [-0.4, -0.2) is 56.7 Å². The maximum absolute atomic E-state index is 10.5. The molecule has 1 aromatic rings. The van der Waals surface area contributed by atoms with Crippen LogP contribution in [0.3, 0.4) is 0 Å². The molecule has 0 spiro atoms. The van der Waals surface area contributed by atoms with Crippen LogP contribution in [0.25, 0.3) is 0 Å². The summed E-state index contributed by atoms with van der Waals surface area (Å²) in [5.41, 5.74) is 0. The van der Waals surface area contributed by atoms with E-state index in [-0.39, 0.29) is 12.8 Å². The van der Waals surface area contributed by atoms with Crippen molar-refractivity contribution in [2.24, 2.45) is 0 Å². The zero-order valence-electron chi connectivity index (χ0n) is 13.7. The monoisotopic (exact) mass is 340 g/mol. The van der Waals surface area contributed by atoms with Gasteiger partial charge in [0, 0.05) is 32.5 Å². The van der Waals surface area contributed by atoms with Gasteiger partial charge in [-0.1, -0.05) is 6.92 Å². The lowest BCUT2D eigenvalue weighted by molar-refractivity contribution is -0.138. The van der Waals surface area contributed by atoms with Gasteiger partial charge in [0.2, 0.25) is 17.8 Å². The van der Waals surface area contributed by atoms with Gasteiger partial charge in [-0.25, -0.2) is 0 Å². The molecule has 24 heavy (non-hydrogen) atoms. The fourth-order valence-electron chi connectivity index (χ4n) is 1.73. The normalized spacial score (nSPS) is 10.2. The zero-order chi connectivity index (χ0) is 17.8. The molecule has 134 valence electrons. The molecular weight excluding hydrogens is 316 g/mol. The van der Waals surface area contributed by atoms with Crippen molar-refractivity contribution >= 4 is 29.8 Å². The van der Waals surface area contributed by atoms with Crippen molar-refractivity contribution in [2.45, 2.75) is 39.0 Å². The maximum atomic E-state index is 10.5. The van der Waals surface area contributed by atoms with Crippen LogP contribution in [-0.2, 0) is 9.59 Å². The Hall–Kier alpha value is -2.65. The van der Waals surface area contributed by atoms with Crippen LogP contribution in [0.1, 0.15) is 39.0 Å². The topological polar surface area (TPSA) is 149 Å². The molecule has 0 saturated heterocycles. The molecule has 0 atom stereocenters. The van der Waals surface area contributed by atoms with Crippen molar-refractivity contribution in [3.8, 4) is 0 Å². The molecule has 1 heterocycles. The molecule has 0 fully saturated rings. The summed E-state index contributed by atoms with van der Waals surface area (Å²) in [5, 5.41) is 26.2. The van der Waals surface area contributed by atoms with E-state index in [1.54, 1.807) is 0 Å². The first-order valence-corrected chi connectivity index (χ1v) is 7.92. The summed E-state index contributed by atoms with van der Waals surface area (Å²) in [5.74, 6) is -0.602. The quantitative estimate of drug-likeness (QED) is 0.332. The Balaban J connectivity index is 2.61. The molecular formula is C14H24N6O4. The molecule has 10 heteroatoms. The fourth-order valence-corrected chi connectivity index (χ4v) is 1.73. The van der Waals surface area contributed by atoms with E-state index in [0.29, 0.717) is 50.3 Å². The zero-order valence-corrected chi connectivity index (χ0v) is 13.7. The van der Waals surface area contributed by atoms with Crippen LogP contribution in [0.4, 0.5) is 17.8 Å². The Morgan fingerprint density at radius 3 is 1.50 bits per heavy atom. The molecule has 0 unspecified atom stereocenters. The Labute approximate surface area is 140 Å². The summed E-state index contributed by atoms with van der Waals surface area (Å²) in [4.78, 5) is 33.6. The lowest BCUT2D eigenvalue weighted by Crippen LogP contribution is -2.14. The molecule has 0 saturated carbocycles. The Bertz CT molecular complexity index is 500. The van der Waals surface area contributed by atoms with Crippen molar-refractivity contribution < 1.29 is 19.8 Å². The second-order valence-electron chi connectivity index (χ2n) is 5.08. The Morgan fingerprint density at radius 2 is 1.17 bits per heavy atom. The van der Waals surface area contributed by atoms with Crippen LogP contribution in [0.15, 0.2) is 0 Å². The maximum Gasteiger partial charge on any atom is 0.303 e. The van der Waals surface area contributed by atoms with Crippen molar-refractivity contribution in [2.75, 3.05) is 35.6 Å². The lowest BCUT2D eigenvalue weighted by Gasteiger charge is -2.10. The van der Waals surface area contributed by atoms with Crippen LogP contribution >= 0.6 is 0 Å². The van der Waals surface area contributed by atoms with E-state index in [1.165, 1.54) is 0 Å². The number of nitrogens with zero attached hydrogens (tertiary/aromatic N) is 3. The minimum absolute atomic E-state index is 0.0688. The molecule has 1 rings (SSSR count). The third-order valence-corrected chi connectivity index (χ3v) is 2.87. The number of aliphatic carboxylic acids is 2. The number of aromatic nitrogens is 3. The van der Waals surface area contributed by atoms with Gasteiger partial charge in [0.1, 0.15) is 0 Å². The highest BCUT2D eigenvalue weighted by Crippen LogP contribution is 2.10. The van der Waals surface area contributed by atoms with Crippen LogP contribution in [0, 0.1) is 0 Å². The van der Waals surface area contributed by atoms with Crippen molar-refractivity contribution in [1.29, 1.82) is 0 Å². The Morgan fingerprint density at radius 1 is 0.792 bits per heavy atom. The first-order chi connectivity index (χ1) is 11.5. The third-order valence-electron chi connectivity index (χ3n) is 2.87. The lowest BCUT2D eigenvalue weighted by atomic mass is 10.3. The van der Waals surface area contributed by atoms with E-state index >= 15 is 0 Å². The second-order valence-corrected chi connectivity index (χ2v) is 5.08. The van der Waals surface area contributed by atoms with E-state index in [2.05, 4.69) is 30.9 Å². The third kappa shape index (κ3) is 8.71. The number of anilines is 3. The number of nitrogens with one attached hydrogen (secondary N) is 3. The first-order valence-electron chi connectivity index (χ1n) is 7.92. The second kappa shape index (κ2) is 11.0. The minimum atomic E-state index is -0.849. The summed E-state index contributed by atoms with van der Waals surface area (Å²) in [7, 11) is 0. The molecule has 1 aromatic heterocycles. The first kappa shape index (κ1) is 19.4. The predicted octanol–water partition coefficient (Wildman–Crippen LogP) is 1.25. The number of hydrogen-bond acceptors (Lipinski definition) is 8. The number of hydrogen-bond donors (Lipinski definition) is 5. The van der Waals surface area contributed by atoms with Gasteiger partial charge in [-0.3, -0.25) is 9.59 Å². The van der Waals surface area contributed by atoms with Gasteiger partial charge in [-0.05, 0) is 19.3 Å². The average Bonchev–Trinajstić information content (AvgIpc) is 2.53. The molecule has 0 radical (unpaired) electrons. The molecule has 0 bridgehead atoms. The van der Waals surface area contributed by atoms with E-state index in [1.807, 2.05) is 6.92 Å². The van der Waals surface area contributed by atoms with Gasteiger partial charge < -0.3 is 26.2 Å². The van der Waals surface area contributed by atoms with Crippen molar-refractivity contribution in [3.05, 3.63) is 0 Å². The van der Waals surface area contributed by atoms with Gasteiger partial charge in [0.15, 0.2) is 0 Å². The number of carboxylic acids is 2. The predicted molar refractivity (Wildman–Crippen MR) is 89.3 cm³/mol. The van der Waals surface area contributed by atoms with Crippen LogP contribution < -0.4 is 16.0 Å². The van der Waals surface area contributed by atoms with E-state index in [0.717, 1.165) is 6.42 Å². The molecule has 0 amide bonds. The van der Waals surface area contributed by atoms with Crippen molar-refractivity contribution in [3.63, 3.8) is 0 Å². The highest BCUT2D eigenvalue weighted by atomic mass is 16.4. The van der Waals surface area contributed by atoms with Crippen molar-refractivity contribution in [1.82, 2.24) is 15.0 Å². The van der Waals surface area contributed by atoms with E-state index in [9.17, 15) is 9.59 Å².